The molecule has 3 atom stereocenters. The van der Waals surface area contributed by atoms with E-state index in [0.717, 1.165) is 4.68 Å². The van der Waals surface area contributed by atoms with Crippen LogP contribution >= 0.6 is 0 Å². The van der Waals surface area contributed by atoms with Gasteiger partial charge in [0.1, 0.15) is 5.69 Å². The maximum absolute atomic E-state index is 14.1. The van der Waals surface area contributed by atoms with Crippen molar-refractivity contribution >= 4 is 0 Å². The van der Waals surface area contributed by atoms with Crippen LogP contribution in [0.1, 0.15) is 55.6 Å². The van der Waals surface area contributed by atoms with Crippen LogP contribution in [-0.2, 0) is 12.1 Å². The Morgan fingerprint density at radius 3 is 2.58 bits per heavy atom. The molecule has 2 aliphatic rings. The molecule has 3 unspecified atom stereocenters. The van der Waals surface area contributed by atoms with E-state index < -0.39 is 41.4 Å². The van der Waals surface area contributed by atoms with Crippen LogP contribution in [0.2, 0.25) is 0 Å². The molecular formula is C12H13F5N2. The second kappa shape index (κ2) is 3.49. The van der Waals surface area contributed by atoms with E-state index >= 15 is 0 Å². The van der Waals surface area contributed by atoms with E-state index in [9.17, 15) is 22.0 Å². The van der Waals surface area contributed by atoms with E-state index in [1.165, 1.54) is 0 Å². The molecule has 1 aromatic rings. The Morgan fingerprint density at radius 1 is 1.42 bits per heavy atom. The molecule has 1 heterocycles. The van der Waals surface area contributed by atoms with Crippen molar-refractivity contribution in [2.75, 3.05) is 0 Å². The van der Waals surface area contributed by atoms with Crippen molar-refractivity contribution in [2.24, 2.45) is 5.92 Å². The summed E-state index contributed by atoms with van der Waals surface area (Å²) >= 11 is 0. The first-order valence-corrected chi connectivity index (χ1v) is 6.27. The van der Waals surface area contributed by atoms with Crippen LogP contribution in [0.4, 0.5) is 22.0 Å². The molecule has 0 bridgehead atoms. The molecule has 1 fully saturated rings. The lowest BCUT2D eigenvalue weighted by atomic mass is 10.1. The van der Waals surface area contributed by atoms with Gasteiger partial charge < -0.3 is 0 Å². The maximum atomic E-state index is 14.1. The molecule has 106 valence electrons. The number of halogens is 5. The quantitative estimate of drug-likeness (QED) is 0.746. The van der Waals surface area contributed by atoms with Gasteiger partial charge in [0.05, 0.1) is 0 Å². The highest BCUT2D eigenvalue weighted by Crippen LogP contribution is 2.68. The number of rotatable bonds is 2. The van der Waals surface area contributed by atoms with Gasteiger partial charge in [-0.15, -0.1) is 0 Å². The number of aromatic nitrogens is 2. The van der Waals surface area contributed by atoms with Crippen molar-refractivity contribution < 1.29 is 22.0 Å². The first kappa shape index (κ1) is 12.9. The average molecular weight is 280 g/mol. The van der Waals surface area contributed by atoms with Crippen LogP contribution in [0.5, 0.6) is 0 Å². The molecule has 1 saturated carbocycles. The summed E-state index contributed by atoms with van der Waals surface area (Å²) in [6.07, 6.45) is -4.08. The Morgan fingerprint density at radius 2 is 2.05 bits per heavy atom. The van der Waals surface area contributed by atoms with Crippen LogP contribution < -0.4 is 0 Å². The fraction of sp³-hybridized carbons (Fsp3) is 0.750. The van der Waals surface area contributed by atoms with Crippen molar-refractivity contribution in [3.63, 3.8) is 0 Å². The zero-order valence-corrected chi connectivity index (χ0v) is 10.4. The van der Waals surface area contributed by atoms with Gasteiger partial charge in [0.2, 0.25) is 0 Å². The minimum absolute atomic E-state index is 0.134. The summed E-state index contributed by atoms with van der Waals surface area (Å²) < 4.78 is 67.9. The largest absolute Gasteiger partial charge is 0.435 e. The van der Waals surface area contributed by atoms with E-state index in [0.29, 0.717) is 6.42 Å². The van der Waals surface area contributed by atoms with Crippen molar-refractivity contribution in [1.29, 1.82) is 0 Å². The second-order valence-electron chi connectivity index (χ2n) is 5.38. The second-order valence-corrected chi connectivity index (χ2v) is 5.38. The Hall–Kier alpha value is -1.14. The normalized spacial score (nSPS) is 29.0. The number of hydrogen-bond donors (Lipinski definition) is 0. The van der Waals surface area contributed by atoms with Gasteiger partial charge in [0.25, 0.3) is 5.92 Å². The summed E-state index contributed by atoms with van der Waals surface area (Å²) in [5, 5.41) is 3.46. The fourth-order valence-corrected chi connectivity index (χ4v) is 2.92. The van der Waals surface area contributed by atoms with Crippen LogP contribution in [0.15, 0.2) is 0 Å². The van der Waals surface area contributed by atoms with E-state index in [1.807, 2.05) is 0 Å². The van der Waals surface area contributed by atoms with Gasteiger partial charge in [0.15, 0.2) is 5.69 Å². The maximum Gasteiger partial charge on any atom is 0.435 e. The Bertz CT molecular complexity index is 531. The van der Waals surface area contributed by atoms with E-state index in [-0.39, 0.29) is 12.0 Å². The summed E-state index contributed by atoms with van der Waals surface area (Å²) in [6.45, 7) is 3.34. The van der Waals surface area contributed by atoms with Crippen LogP contribution in [0.25, 0.3) is 0 Å². The van der Waals surface area contributed by atoms with Crippen LogP contribution in [0, 0.1) is 5.92 Å². The molecule has 0 spiro atoms. The average Bonchev–Trinajstić information content (AvgIpc) is 2.93. The lowest BCUT2D eigenvalue weighted by Gasteiger charge is -2.19. The van der Waals surface area contributed by atoms with Crippen molar-refractivity contribution in [3.8, 4) is 0 Å². The van der Waals surface area contributed by atoms with E-state index in [4.69, 9.17) is 0 Å². The van der Waals surface area contributed by atoms with E-state index in [2.05, 4.69) is 5.10 Å². The summed E-state index contributed by atoms with van der Waals surface area (Å²) in [4.78, 5) is 0. The smallest absolute Gasteiger partial charge is 0.260 e. The lowest BCUT2D eigenvalue weighted by Crippen LogP contribution is -2.22. The Kier molecular flexibility index (Phi) is 2.36. The summed E-state index contributed by atoms with van der Waals surface area (Å²) in [7, 11) is 0. The first-order valence-electron chi connectivity index (χ1n) is 6.27. The third-order valence-corrected chi connectivity index (χ3v) is 4.17. The van der Waals surface area contributed by atoms with Gasteiger partial charge in [-0.25, -0.2) is 0 Å². The van der Waals surface area contributed by atoms with Gasteiger partial charge in [-0.05, 0) is 25.7 Å². The number of hydrogen-bond acceptors (Lipinski definition) is 1. The highest BCUT2D eigenvalue weighted by molar-refractivity contribution is 5.46. The topological polar surface area (TPSA) is 17.8 Å². The summed E-state index contributed by atoms with van der Waals surface area (Å²) in [5.41, 5.74) is -1.88. The van der Waals surface area contributed by atoms with Crippen molar-refractivity contribution in [1.82, 2.24) is 9.78 Å². The lowest BCUT2D eigenvalue weighted by molar-refractivity contribution is -0.142. The van der Waals surface area contributed by atoms with Crippen LogP contribution in [0.3, 0.4) is 0 Å². The number of fused-ring (bicyclic) bond motifs is 3. The zero-order chi connectivity index (χ0) is 14.2. The van der Waals surface area contributed by atoms with Gasteiger partial charge >= 0.3 is 6.18 Å². The molecule has 0 radical (unpaired) electrons. The van der Waals surface area contributed by atoms with Gasteiger partial charge in [-0.2, -0.15) is 27.1 Å². The van der Waals surface area contributed by atoms with Gasteiger partial charge in [-0.3, -0.25) is 4.68 Å². The van der Waals surface area contributed by atoms with Crippen molar-refractivity contribution in [2.45, 2.75) is 50.7 Å². The Balaban J connectivity index is 2.23. The molecule has 0 N–H and O–H groups in total. The standard InChI is InChI=1S/C12H13F5N2/c1-3-5(2)19-10-8(9(18-19)12(15,16)17)6-4-7(6)11(10,13)14/h5-7H,3-4H2,1-2H3. The molecule has 3 rings (SSSR count). The monoisotopic (exact) mass is 280 g/mol. The SMILES string of the molecule is CCC(C)n1nc(C(F)(F)F)c2c1C(F)(F)C1CC21. The highest BCUT2D eigenvalue weighted by Gasteiger charge is 2.68. The molecule has 0 aliphatic heterocycles. The summed E-state index contributed by atoms with van der Waals surface area (Å²) in [6, 6.07) is -0.465. The molecule has 1 aromatic heterocycles. The molecule has 7 heteroatoms. The highest BCUT2D eigenvalue weighted by atomic mass is 19.4. The fourth-order valence-electron chi connectivity index (χ4n) is 2.92. The Labute approximate surface area is 106 Å². The molecule has 0 aromatic carbocycles. The van der Waals surface area contributed by atoms with Crippen molar-refractivity contribution in [3.05, 3.63) is 17.0 Å². The minimum Gasteiger partial charge on any atom is -0.260 e. The predicted molar refractivity (Wildman–Crippen MR) is 57.0 cm³/mol. The third kappa shape index (κ3) is 1.56. The molecule has 0 amide bonds. The number of nitrogens with zero attached hydrogens (tertiary/aromatic N) is 2. The predicted octanol–water partition coefficient (Wildman–Crippen LogP) is 4.08. The number of alkyl halides is 5. The third-order valence-electron chi connectivity index (χ3n) is 4.17. The van der Waals surface area contributed by atoms with Crippen LogP contribution in [-0.4, -0.2) is 9.78 Å². The summed E-state index contributed by atoms with van der Waals surface area (Å²) in [5.74, 6) is -4.81. The van der Waals surface area contributed by atoms with Gasteiger partial charge in [0, 0.05) is 17.5 Å². The van der Waals surface area contributed by atoms with E-state index in [1.54, 1.807) is 13.8 Å². The minimum atomic E-state index is -4.67. The molecule has 2 aliphatic carbocycles. The molecule has 2 nitrogen and oxygen atoms in total. The van der Waals surface area contributed by atoms with Gasteiger partial charge in [-0.1, -0.05) is 6.92 Å². The molecular weight excluding hydrogens is 267 g/mol. The first-order chi connectivity index (χ1) is 8.69. The zero-order valence-electron chi connectivity index (χ0n) is 10.4. The molecule has 19 heavy (non-hydrogen) atoms. The molecule has 0 saturated heterocycles.